The van der Waals surface area contributed by atoms with Crippen molar-refractivity contribution in [3.63, 3.8) is 0 Å². The number of nitrogens with one attached hydrogen (secondary N) is 1. The lowest BCUT2D eigenvalue weighted by Gasteiger charge is -2.30. The zero-order valence-corrected chi connectivity index (χ0v) is 15.2. The lowest BCUT2D eigenvalue weighted by atomic mass is 9.81. The van der Waals surface area contributed by atoms with Crippen molar-refractivity contribution in [3.05, 3.63) is 34.3 Å². The number of halogens is 1. The van der Waals surface area contributed by atoms with Crippen molar-refractivity contribution in [1.29, 1.82) is 0 Å². The standard InChI is InChI=1S/C18H26BClN2O3/c20-17-4-3-13-7-18(21-8-15(13)6-17)11-22-9-14(16(10-22)12-23)2-1-5-19(24)25/h3-4,6,12,14,16,18,21,24-25H,1-2,5,7-11H2. The summed E-state index contributed by atoms with van der Waals surface area (Å²) >= 11 is 6.06. The van der Waals surface area contributed by atoms with Gasteiger partial charge in [-0.25, -0.2) is 0 Å². The van der Waals surface area contributed by atoms with E-state index in [4.69, 9.17) is 21.6 Å². The maximum atomic E-state index is 11.4. The normalized spacial score (nSPS) is 26.4. The second kappa shape index (κ2) is 8.65. The molecule has 3 N–H and O–H groups in total. The van der Waals surface area contributed by atoms with Gasteiger partial charge < -0.3 is 25.1 Å². The summed E-state index contributed by atoms with van der Waals surface area (Å²) in [6.45, 7) is 3.49. The summed E-state index contributed by atoms with van der Waals surface area (Å²) in [4.78, 5) is 13.8. The molecule has 0 aliphatic carbocycles. The van der Waals surface area contributed by atoms with Crippen LogP contribution < -0.4 is 5.32 Å². The number of fused-ring (bicyclic) bond motifs is 1. The van der Waals surface area contributed by atoms with Crippen LogP contribution in [0.25, 0.3) is 0 Å². The second-order valence-corrected chi connectivity index (χ2v) is 7.82. The van der Waals surface area contributed by atoms with Crippen LogP contribution in [0.1, 0.15) is 24.0 Å². The highest BCUT2D eigenvalue weighted by Crippen LogP contribution is 2.28. The summed E-state index contributed by atoms with van der Waals surface area (Å²) in [5, 5.41) is 22.3. The van der Waals surface area contributed by atoms with Gasteiger partial charge in [-0.2, -0.15) is 0 Å². The molecule has 1 aromatic rings. The Bertz CT molecular complexity index is 602. The molecule has 2 aliphatic heterocycles. The minimum absolute atomic E-state index is 0.0607. The molecule has 3 atom stereocenters. The quantitative estimate of drug-likeness (QED) is 0.503. The average molecular weight is 365 g/mol. The summed E-state index contributed by atoms with van der Waals surface area (Å²) in [5.74, 6) is 0.386. The van der Waals surface area contributed by atoms with E-state index < -0.39 is 7.12 Å². The molecular weight excluding hydrogens is 338 g/mol. The third kappa shape index (κ3) is 5.05. The van der Waals surface area contributed by atoms with Gasteiger partial charge in [0.15, 0.2) is 0 Å². The van der Waals surface area contributed by atoms with E-state index in [9.17, 15) is 4.79 Å². The zero-order chi connectivity index (χ0) is 17.8. The van der Waals surface area contributed by atoms with Crippen LogP contribution in [0.2, 0.25) is 11.3 Å². The summed E-state index contributed by atoms with van der Waals surface area (Å²) < 4.78 is 0. The molecule has 0 radical (unpaired) electrons. The van der Waals surface area contributed by atoms with E-state index in [1.54, 1.807) is 0 Å². The molecule has 2 aliphatic rings. The van der Waals surface area contributed by atoms with Crippen LogP contribution in [0.4, 0.5) is 0 Å². The summed E-state index contributed by atoms with van der Waals surface area (Å²) in [7, 11) is -1.24. The molecule has 25 heavy (non-hydrogen) atoms. The van der Waals surface area contributed by atoms with Crippen molar-refractivity contribution in [3.8, 4) is 0 Å². The smallest absolute Gasteiger partial charge is 0.427 e. The maximum absolute atomic E-state index is 11.4. The van der Waals surface area contributed by atoms with E-state index >= 15 is 0 Å². The molecule has 0 bridgehead atoms. The molecule has 3 rings (SSSR count). The van der Waals surface area contributed by atoms with Crippen molar-refractivity contribution >= 4 is 25.0 Å². The van der Waals surface area contributed by atoms with Gasteiger partial charge in [-0.05, 0) is 48.3 Å². The Morgan fingerprint density at radius 1 is 1.32 bits per heavy atom. The molecule has 7 heteroatoms. The molecule has 1 saturated heterocycles. The average Bonchev–Trinajstić information content (AvgIpc) is 2.96. The topological polar surface area (TPSA) is 72.8 Å². The van der Waals surface area contributed by atoms with E-state index in [2.05, 4.69) is 16.3 Å². The van der Waals surface area contributed by atoms with Crippen molar-refractivity contribution in [1.82, 2.24) is 10.2 Å². The number of nitrogens with zero attached hydrogens (tertiary/aromatic N) is 1. The van der Waals surface area contributed by atoms with Crippen LogP contribution in [0, 0.1) is 11.8 Å². The Morgan fingerprint density at radius 3 is 2.92 bits per heavy atom. The van der Waals surface area contributed by atoms with Crippen molar-refractivity contribution < 1.29 is 14.8 Å². The van der Waals surface area contributed by atoms with Crippen molar-refractivity contribution in [2.75, 3.05) is 19.6 Å². The van der Waals surface area contributed by atoms with Crippen LogP contribution in [0.5, 0.6) is 0 Å². The van der Waals surface area contributed by atoms with E-state index in [1.807, 2.05) is 12.1 Å². The van der Waals surface area contributed by atoms with Gasteiger partial charge in [0.1, 0.15) is 6.29 Å². The number of carbonyl (C=O) groups excluding carboxylic acids is 1. The zero-order valence-electron chi connectivity index (χ0n) is 14.4. The monoisotopic (exact) mass is 364 g/mol. The minimum Gasteiger partial charge on any atom is -0.427 e. The Kier molecular flexibility index (Phi) is 6.52. The third-order valence-electron chi connectivity index (χ3n) is 5.47. The molecule has 2 heterocycles. The Hall–Kier alpha value is -0.915. The van der Waals surface area contributed by atoms with Gasteiger partial charge in [0, 0.05) is 43.2 Å². The fourth-order valence-electron chi connectivity index (χ4n) is 4.15. The number of carbonyl (C=O) groups is 1. The molecule has 0 aromatic heterocycles. The number of hydrogen-bond donors (Lipinski definition) is 3. The molecule has 0 amide bonds. The first-order chi connectivity index (χ1) is 12.0. The molecule has 1 fully saturated rings. The molecule has 5 nitrogen and oxygen atoms in total. The second-order valence-electron chi connectivity index (χ2n) is 7.39. The minimum atomic E-state index is -1.24. The SMILES string of the molecule is O=CC1CN(CC2Cc3ccc(Cl)cc3CN2)CC1CCCB(O)O. The third-order valence-corrected chi connectivity index (χ3v) is 5.71. The lowest BCUT2D eigenvalue weighted by Crippen LogP contribution is -2.44. The molecule has 0 saturated carbocycles. The number of likely N-dealkylation sites (tertiary alicyclic amines) is 1. The van der Waals surface area contributed by atoms with Crippen LogP contribution >= 0.6 is 11.6 Å². The summed E-state index contributed by atoms with van der Waals surface area (Å²) in [5.41, 5.74) is 2.63. The highest BCUT2D eigenvalue weighted by Gasteiger charge is 2.33. The molecule has 1 aromatic carbocycles. The van der Waals surface area contributed by atoms with Gasteiger partial charge in [-0.1, -0.05) is 24.1 Å². The van der Waals surface area contributed by atoms with Gasteiger partial charge >= 0.3 is 7.12 Å². The Balaban J connectivity index is 1.51. The first-order valence-corrected chi connectivity index (χ1v) is 9.47. The fraction of sp³-hybridized carbons (Fsp3) is 0.611. The Morgan fingerprint density at radius 2 is 2.16 bits per heavy atom. The van der Waals surface area contributed by atoms with E-state index in [0.717, 1.165) is 56.8 Å². The Labute approximate surface area is 154 Å². The van der Waals surface area contributed by atoms with Crippen LogP contribution in [0.15, 0.2) is 18.2 Å². The largest absolute Gasteiger partial charge is 0.451 e. The van der Waals surface area contributed by atoms with Crippen molar-refractivity contribution in [2.45, 2.75) is 38.2 Å². The lowest BCUT2D eigenvalue weighted by molar-refractivity contribution is -0.111. The molecular formula is C18H26BClN2O3. The number of aldehydes is 1. The van der Waals surface area contributed by atoms with Gasteiger partial charge in [0.25, 0.3) is 0 Å². The molecule has 3 unspecified atom stereocenters. The number of hydrogen-bond acceptors (Lipinski definition) is 5. The maximum Gasteiger partial charge on any atom is 0.451 e. The van der Waals surface area contributed by atoms with E-state index in [0.29, 0.717) is 18.3 Å². The highest BCUT2D eigenvalue weighted by atomic mass is 35.5. The van der Waals surface area contributed by atoms with Crippen LogP contribution in [0.3, 0.4) is 0 Å². The van der Waals surface area contributed by atoms with Crippen molar-refractivity contribution in [2.24, 2.45) is 11.8 Å². The first-order valence-electron chi connectivity index (χ1n) is 9.09. The predicted octanol–water partition coefficient (Wildman–Crippen LogP) is 1.35. The van der Waals surface area contributed by atoms with Gasteiger partial charge in [0.2, 0.25) is 0 Å². The molecule has 136 valence electrons. The van der Waals surface area contributed by atoms with E-state index in [-0.39, 0.29) is 5.92 Å². The fourth-order valence-corrected chi connectivity index (χ4v) is 4.35. The summed E-state index contributed by atoms with van der Waals surface area (Å²) in [6, 6.07) is 6.49. The van der Waals surface area contributed by atoms with E-state index in [1.165, 1.54) is 11.1 Å². The molecule has 0 spiro atoms. The van der Waals surface area contributed by atoms with Gasteiger partial charge in [-0.3, -0.25) is 0 Å². The first kappa shape index (κ1) is 18.9. The van der Waals surface area contributed by atoms with Gasteiger partial charge in [0.05, 0.1) is 0 Å². The number of rotatable bonds is 7. The van der Waals surface area contributed by atoms with Crippen LogP contribution in [-0.2, 0) is 17.8 Å². The summed E-state index contributed by atoms with van der Waals surface area (Å²) in [6.07, 6.45) is 4.06. The predicted molar refractivity (Wildman–Crippen MR) is 99.5 cm³/mol. The highest BCUT2D eigenvalue weighted by molar-refractivity contribution is 6.40. The van der Waals surface area contributed by atoms with Crippen LogP contribution in [-0.4, -0.2) is 54.0 Å². The number of benzene rings is 1. The van der Waals surface area contributed by atoms with Gasteiger partial charge in [-0.15, -0.1) is 0 Å².